The summed E-state index contributed by atoms with van der Waals surface area (Å²) < 4.78 is 26.3. The van der Waals surface area contributed by atoms with Gasteiger partial charge in [0.05, 0.1) is 5.56 Å². The first-order chi connectivity index (χ1) is 9.45. The Morgan fingerprint density at radius 2 is 1.80 bits per heavy atom. The molecule has 0 fully saturated rings. The minimum Gasteiger partial charge on any atom is -0.478 e. The highest BCUT2D eigenvalue weighted by atomic mass is 19.1. The van der Waals surface area contributed by atoms with Crippen molar-refractivity contribution in [3.8, 4) is 0 Å². The molecular formula is C15H13F2NO2. The van der Waals surface area contributed by atoms with Gasteiger partial charge in [-0.2, -0.15) is 0 Å². The van der Waals surface area contributed by atoms with Gasteiger partial charge in [0.25, 0.3) is 0 Å². The van der Waals surface area contributed by atoms with Gasteiger partial charge in [0.1, 0.15) is 11.6 Å². The van der Waals surface area contributed by atoms with Crippen LogP contribution in [0.5, 0.6) is 0 Å². The second kappa shape index (κ2) is 5.69. The molecule has 104 valence electrons. The van der Waals surface area contributed by atoms with Gasteiger partial charge >= 0.3 is 5.97 Å². The standard InChI is InChI=1S/C15H13F2NO2/c1-9(11-5-12(16)8-13(17)6-11)18-14-4-2-3-10(7-14)15(19)20/h2-9,18H,1H3,(H,19,20). The first kappa shape index (κ1) is 14.0. The van der Waals surface area contributed by atoms with Gasteiger partial charge in [-0.1, -0.05) is 6.07 Å². The molecule has 2 aromatic rings. The van der Waals surface area contributed by atoms with Crippen molar-refractivity contribution in [1.29, 1.82) is 0 Å². The quantitative estimate of drug-likeness (QED) is 0.892. The largest absolute Gasteiger partial charge is 0.478 e. The average molecular weight is 277 g/mol. The Morgan fingerprint density at radius 1 is 1.15 bits per heavy atom. The molecule has 0 saturated carbocycles. The molecule has 0 spiro atoms. The summed E-state index contributed by atoms with van der Waals surface area (Å²) in [5, 5.41) is 11.9. The molecule has 0 aliphatic rings. The maximum atomic E-state index is 13.2. The van der Waals surface area contributed by atoms with Crippen LogP contribution in [0.25, 0.3) is 0 Å². The second-order valence-corrected chi connectivity index (χ2v) is 4.45. The van der Waals surface area contributed by atoms with Gasteiger partial charge in [0.15, 0.2) is 0 Å². The van der Waals surface area contributed by atoms with E-state index in [9.17, 15) is 13.6 Å². The first-order valence-corrected chi connectivity index (χ1v) is 6.01. The van der Waals surface area contributed by atoms with Crippen LogP contribution in [-0.2, 0) is 0 Å². The van der Waals surface area contributed by atoms with Crippen LogP contribution in [0.2, 0.25) is 0 Å². The van der Waals surface area contributed by atoms with E-state index in [-0.39, 0.29) is 11.6 Å². The fourth-order valence-electron chi connectivity index (χ4n) is 1.90. The molecule has 2 rings (SSSR count). The highest BCUT2D eigenvalue weighted by molar-refractivity contribution is 5.88. The molecule has 20 heavy (non-hydrogen) atoms. The van der Waals surface area contributed by atoms with Gasteiger partial charge in [0, 0.05) is 17.8 Å². The lowest BCUT2D eigenvalue weighted by Gasteiger charge is -2.16. The van der Waals surface area contributed by atoms with E-state index in [1.807, 2.05) is 0 Å². The van der Waals surface area contributed by atoms with Crippen molar-refractivity contribution < 1.29 is 18.7 Å². The molecule has 2 N–H and O–H groups in total. The molecule has 0 saturated heterocycles. The summed E-state index contributed by atoms with van der Waals surface area (Å²) in [6.45, 7) is 1.74. The lowest BCUT2D eigenvalue weighted by Crippen LogP contribution is -2.08. The highest BCUT2D eigenvalue weighted by Crippen LogP contribution is 2.21. The third-order valence-corrected chi connectivity index (χ3v) is 2.88. The van der Waals surface area contributed by atoms with Crippen molar-refractivity contribution in [2.24, 2.45) is 0 Å². The number of hydrogen-bond donors (Lipinski definition) is 2. The number of carboxylic acid groups (broad SMARTS) is 1. The van der Waals surface area contributed by atoms with Crippen molar-refractivity contribution >= 4 is 11.7 Å². The Hall–Kier alpha value is -2.43. The highest BCUT2D eigenvalue weighted by Gasteiger charge is 2.10. The normalized spacial score (nSPS) is 11.9. The summed E-state index contributed by atoms with van der Waals surface area (Å²) in [5.74, 6) is -2.32. The van der Waals surface area contributed by atoms with Crippen LogP contribution in [0.1, 0.15) is 28.9 Å². The number of carbonyl (C=O) groups is 1. The van der Waals surface area contributed by atoms with E-state index < -0.39 is 17.6 Å². The van der Waals surface area contributed by atoms with E-state index in [0.29, 0.717) is 11.3 Å². The van der Waals surface area contributed by atoms with Crippen LogP contribution in [-0.4, -0.2) is 11.1 Å². The molecule has 0 radical (unpaired) electrons. The monoisotopic (exact) mass is 277 g/mol. The predicted molar refractivity (Wildman–Crippen MR) is 71.8 cm³/mol. The lowest BCUT2D eigenvalue weighted by molar-refractivity contribution is 0.0697. The van der Waals surface area contributed by atoms with Crippen LogP contribution in [0.4, 0.5) is 14.5 Å². The number of rotatable bonds is 4. The molecule has 2 aromatic carbocycles. The van der Waals surface area contributed by atoms with Gasteiger partial charge in [-0.25, -0.2) is 13.6 Å². The minimum absolute atomic E-state index is 0.146. The van der Waals surface area contributed by atoms with Crippen molar-refractivity contribution in [2.45, 2.75) is 13.0 Å². The molecule has 0 amide bonds. The number of nitrogens with one attached hydrogen (secondary N) is 1. The fraction of sp³-hybridized carbons (Fsp3) is 0.133. The Labute approximate surface area is 114 Å². The van der Waals surface area contributed by atoms with Crippen LogP contribution in [0.15, 0.2) is 42.5 Å². The topological polar surface area (TPSA) is 49.3 Å². The number of halogens is 2. The van der Waals surface area contributed by atoms with Crippen LogP contribution >= 0.6 is 0 Å². The maximum absolute atomic E-state index is 13.2. The maximum Gasteiger partial charge on any atom is 0.335 e. The smallest absolute Gasteiger partial charge is 0.335 e. The summed E-state index contributed by atoms with van der Waals surface area (Å²) in [4.78, 5) is 10.9. The van der Waals surface area contributed by atoms with Crippen LogP contribution in [0.3, 0.4) is 0 Å². The molecule has 0 aliphatic heterocycles. The molecule has 1 unspecified atom stereocenters. The van der Waals surface area contributed by atoms with Crippen LogP contribution < -0.4 is 5.32 Å². The number of aromatic carboxylic acids is 1. The Morgan fingerprint density at radius 3 is 2.40 bits per heavy atom. The van der Waals surface area contributed by atoms with Crippen molar-refractivity contribution in [2.75, 3.05) is 5.32 Å². The summed E-state index contributed by atoms with van der Waals surface area (Å²) in [6, 6.07) is 9.16. The number of benzene rings is 2. The fourth-order valence-corrected chi connectivity index (χ4v) is 1.90. The molecule has 0 bridgehead atoms. The van der Waals surface area contributed by atoms with Crippen molar-refractivity contribution in [1.82, 2.24) is 0 Å². The van der Waals surface area contributed by atoms with E-state index in [2.05, 4.69) is 5.32 Å². The molecule has 0 aliphatic carbocycles. The van der Waals surface area contributed by atoms with Gasteiger partial charge in [-0.05, 0) is 42.8 Å². The Kier molecular flexibility index (Phi) is 3.98. The SMILES string of the molecule is CC(Nc1cccc(C(=O)O)c1)c1cc(F)cc(F)c1. The molecule has 1 atom stereocenters. The molecule has 0 aromatic heterocycles. The van der Waals surface area contributed by atoms with E-state index >= 15 is 0 Å². The second-order valence-electron chi connectivity index (χ2n) is 4.45. The number of carboxylic acids is 1. The number of hydrogen-bond acceptors (Lipinski definition) is 2. The van der Waals surface area contributed by atoms with Crippen molar-refractivity contribution in [3.63, 3.8) is 0 Å². The van der Waals surface area contributed by atoms with E-state index in [4.69, 9.17) is 5.11 Å². The zero-order valence-corrected chi connectivity index (χ0v) is 10.7. The van der Waals surface area contributed by atoms with Crippen LogP contribution in [0, 0.1) is 11.6 Å². The summed E-state index contributed by atoms with van der Waals surface area (Å²) >= 11 is 0. The molecule has 0 heterocycles. The van der Waals surface area contributed by atoms with Gasteiger partial charge in [-0.15, -0.1) is 0 Å². The van der Waals surface area contributed by atoms with E-state index in [0.717, 1.165) is 6.07 Å². The Bertz CT molecular complexity index is 623. The first-order valence-electron chi connectivity index (χ1n) is 6.01. The summed E-state index contributed by atoms with van der Waals surface area (Å²) in [7, 11) is 0. The van der Waals surface area contributed by atoms with E-state index in [1.54, 1.807) is 19.1 Å². The predicted octanol–water partition coefficient (Wildman–Crippen LogP) is 3.84. The van der Waals surface area contributed by atoms with Gasteiger partial charge in [0.2, 0.25) is 0 Å². The number of anilines is 1. The zero-order chi connectivity index (χ0) is 14.7. The summed E-state index contributed by atoms with van der Waals surface area (Å²) in [6.07, 6.45) is 0. The third-order valence-electron chi connectivity index (χ3n) is 2.88. The van der Waals surface area contributed by atoms with Crippen molar-refractivity contribution in [3.05, 3.63) is 65.2 Å². The molecule has 5 heteroatoms. The minimum atomic E-state index is -1.03. The van der Waals surface area contributed by atoms with Gasteiger partial charge in [-0.3, -0.25) is 0 Å². The lowest BCUT2D eigenvalue weighted by atomic mass is 10.1. The average Bonchev–Trinajstić information content (AvgIpc) is 2.37. The van der Waals surface area contributed by atoms with E-state index in [1.165, 1.54) is 24.3 Å². The molecular weight excluding hydrogens is 264 g/mol. The Balaban J connectivity index is 2.20. The van der Waals surface area contributed by atoms with Gasteiger partial charge < -0.3 is 10.4 Å². The zero-order valence-electron chi connectivity index (χ0n) is 10.7. The third kappa shape index (κ3) is 3.32. The summed E-state index contributed by atoms with van der Waals surface area (Å²) in [5.41, 5.74) is 1.16. The molecule has 3 nitrogen and oxygen atoms in total.